The number of nitrogens with one attached hydrogen (secondary N) is 2. The van der Waals surface area contributed by atoms with Crippen molar-refractivity contribution in [2.24, 2.45) is 5.92 Å². The minimum Gasteiger partial charge on any atom is -0.356 e. The van der Waals surface area contributed by atoms with Crippen molar-refractivity contribution in [3.63, 3.8) is 0 Å². The van der Waals surface area contributed by atoms with Crippen molar-refractivity contribution in [3.05, 3.63) is 18.2 Å². The summed E-state index contributed by atoms with van der Waals surface area (Å²) in [6.45, 7) is 0.756. The van der Waals surface area contributed by atoms with Gasteiger partial charge < -0.3 is 10.3 Å². The third kappa shape index (κ3) is 4.51. The largest absolute Gasteiger partial charge is 0.356 e. The summed E-state index contributed by atoms with van der Waals surface area (Å²) in [5, 5.41) is 3.01. The Morgan fingerprint density at radius 2 is 2.22 bits per heavy atom. The average molecular weight is 249 g/mol. The van der Waals surface area contributed by atoms with Crippen molar-refractivity contribution >= 4 is 5.91 Å². The molecular formula is C14H23N3O. The molecule has 2 N–H and O–H groups in total. The number of carbonyl (C=O) groups excluding carboxylic acids is 1. The molecule has 1 heterocycles. The highest BCUT2D eigenvalue weighted by Crippen LogP contribution is 2.25. The van der Waals surface area contributed by atoms with Gasteiger partial charge in [-0.1, -0.05) is 19.3 Å². The monoisotopic (exact) mass is 249 g/mol. The van der Waals surface area contributed by atoms with E-state index in [4.69, 9.17) is 0 Å². The Hall–Kier alpha value is -1.32. The van der Waals surface area contributed by atoms with Crippen LogP contribution in [-0.2, 0) is 11.2 Å². The van der Waals surface area contributed by atoms with E-state index in [-0.39, 0.29) is 5.91 Å². The molecule has 100 valence electrons. The summed E-state index contributed by atoms with van der Waals surface area (Å²) < 4.78 is 0. The molecule has 1 aromatic rings. The molecule has 0 unspecified atom stereocenters. The van der Waals surface area contributed by atoms with E-state index in [1.165, 1.54) is 32.1 Å². The van der Waals surface area contributed by atoms with Gasteiger partial charge in [-0.05, 0) is 25.2 Å². The lowest BCUT2D eigenvalue weighted by Gasteiger charge is -2.20. The van der Waals surface area contributed by atoms with Crippen LogP contribution in [0, 0.1) is 5.92 Å². The van der Waals surface area contributed by atoms with Crippen LogP contribution in [0.4, 0.5) is 0 Å². The third-order valence-corrected chi connectivity index (χ3v) is 3.67. The predicted octanol–water partition coefficient (Wildman–Crippen LogP) is 2.43. The summed E-state index contributed by atoms with van der Waals surface area (Å²) in [6, 6.07) is 0. The lowest BCUT2D eigenvalue weighted by atomic mass is 9.87. The van der Waals surface area contributed by atoms with Gasteiger partial charge in [-0.3, -0.25) is 4.79 Å². The van der Waals surface area contributed by atoms with Gasteiger partial charge in [0.1, 0.15) is 5.82 Å². The number of imidazole rings is 1. The molecule has 4 nitrogen and oxygen atoms in total. The first kappa shape index (κ1) is 13.1. The van der Waals surface area contributed by atoms with E-state index >= 15 is 0 Å². The molecule has 1 amide bonds. The molecule has 1 aromatic heterocycles. The van der Waals surface area contributed by atoms with Gasteiger partial charge in [0, 0.05) is 31.8 Å². The zero-order valence-corrected chi connectivity index (χ0v) is 11.0. The molecule has 1 aliphatic carbocycles. The highest BCUT2D eigenvalue weighted by atomic mass is 16.1. The molecular weight excluding hydrogens is 226 g/mol. The third-order valence-electron chi connectivity index (χ3n) is 3.67. The van der Waals surface area contributed by atoms with Gasteiger partial charge >= 0.3 is 0 Å². The van der Waals surface area contributed by atoms with E-state index in [9.17, 15) is 4.79 Å². The van der Waals surface area contributed by atoms with E-state index < -0.39 is 0 Å². The number of amides is 1. The molecule has 18 heavy (non-hydrogen) atoms. The lowest BCUT2D eigenvalue weighted by Crippen LogP contribution is -2.27. The number of hydrogen-bond donors (Lipinski definition) is 2. The fourth-order valence-electron chi connectivity index (χ4n) is 2.64. The minimum atomic E-state index is 0.223. The Kier molecular flexibility index (Phi) is 5.24. The van der Waals surface area contributed by atoms with Crippen LogP contribution in [0.15, 0.2) is 12.4 Å². The quantitative estimate of drug-likeness (QED) is 0.761. The van der Waals surface area contributed by atoms with Crippen LogP contribution < -0.4 is 5.32 Å². The molecule has 0 atom stereocenters. The van der Waals surface area contributed by atoms with E-state index in [2.05, 4.69) is 15.3 Å². The van der Waals surface area contributed by atoms with Gasteiger partial charge in [0.2, 0.25) is 5.91 Å². The van der Waals surface area contributed by atoms with Crippen LogP contribution in [-0.4, -0.2) is 22.4 Å². The second kappa shape index (κ2) is 7.19. The van der Waals surface area contributed by atoms with E-state index in [1.807, 2.05) is 6.20 Å². The molecule has 0 saturated heterocycles. The first-order chi connectivity index (χ1) is 8.84. The van der Waals surface area contributed by atoms with Crippen LogP contribution in [0.5, 0.6) is 0 Å². The van der Waals surface area contributed by atoms with Crippen molar-refractivity contribution in [2.75, 3.05) is 6.54 Å². The molecule has 0 aliphatic heterocycles. The first-order valence-electron chi connectivity index (χ1n) is 7.09. The molecule has 1 fully saturated rings. The molecule has 1 saturated carbocycles. The molecule has 2 rings (SSSR count). The first-order valence-corrected chi connectivity index (χ1v) is 7.09. The number of aromatic nitrogens is 2. The highest BCUT2D eigenvalue weighted by molar-refractivity contribution is 5.76. The Bertz CT molecular complexity index is 342. The van der Waals surface area contributed by atoms with Gasteiger partial charge in [0.25, 0.3) is 0 Å². The number of rotatable bonds is 6. The zero-order chi connectivity index (χ0) is 12.6. The zero-order valence-electron chi connectivity index (χ0n) is 11.0. The van der Waals surface area contributed by atoms with Gasteiger partial charge in [-0.25, -0.2) is 4.98 Å². The maximum absolute atomic E-state index is 11.7. The maximum atomic E-state index is 11.7. The number of H-pyrrole nitrogens is 1. The van der Waals surface area contributed by atoms with Crippen molar-refractivity contribution in [2.45, 2.75) is 51.4 Å². The van der Waals surface area contributed by atoms with E-state index in [1.54, 1.807) is 6.20 Å². The molecule has 0 aromatic carbocycles. The Morgan fingerprint density at radius 3 is 2.94 bits per heavy atom. The fourth-order valence-corrected chi connectivity index (χ4v) is 2.64. The lowest BCUT2D eigenvalue weighted by molar-refractivity contribution is -0.122. The molecule has 0 bridgehead atoms. The second-order valence-corrected chi connectivity index (χ2v) is 5.20. The summed E-state index contributed by atoms with van der Waals surface area (Å²) in [5.41, 5.74) is 0. The van der Waals surface area contributed by atoms with Gasteiger partial charge in [-0.15, -0.1) is 0 Å². The summed E-state index contributed by atoms with van der Waals surface area (Å²) in [6.07, 6.45) is 12.6. The summed E-state index contributed by atoms with van der Waals surface area (Å²) in [5.74, 6) is 1.85. The van der Waals surface area contributed by atoms with Crippen LogP contribution in [0.2, 0.25) is 0 Å². The average Bonchev–Trinajstić information content (AvgIpc) is 2.89. The number of hydrogen-bond acceptors (Lipinski definition) is 2. The van der Waals surface area contributed by atoms with Crippen molar-refractivity contribution < 1.29 is 4.79 Å². The minimum absolute atomic E-state index is 0.223. The normalized spacial score (nSPS) is 16.7. The smallest absolute Gasteiger partial charge is 0.220 e. The number of nitrogens with zero attached hydrogens (tertiary/aromatic N) is 1. The maximum Gasteiger partial charge on any atom is 0.220 e. The number of aryl methyl sites for hydroxylation is 1. The summed E-state index contributed by atoms with van der Waals surface area (Å²) in [4.78, 5) is 19.0. The predicted molar refractivity (Wildman–Crippen MR) is 71.1 cm³/mol. The van der Waals surface area contributed by atoms with Crippen LogP contribution >= 0.6 is 0 Å². The SMILES string of the molecule is O=C(CC1CCCCC1)NCCCc1ncc[nH]1. The van der Waals surface area contributed by atoms with Crippen molar-refractivity contribution in [1.29, 1.82) is 0 Å². The summed E-state index contributed by atoms with van der Waals surface area (Å²) >= 11 is 0. The van der Waals surface area contributed by atoms with Gasteiger partial charge in [-0.2, -0.15) is 0 Å². The Labute approximate surface area is 109 Å². The van der Waals surface area contributed by atoms with E-state index in [0.29, 0.717) is 5.92 Å². The number of aromatic amines is 1. The van der Waals surface area contributed by atoms with Crippen LogP contribution in [0.25, 0.3) is 0 Å². The Balaban J connectivity index is 1.54. The van der Waals surface area contributed by atoms with Crippen molar-refractivity contribution in [3.8, 4) is 0 Å². The molecule has 4 heteroatoms. The van der Waals surface area contributed by atoms with Crippen LogP contribution in [0.3, 0.4) is 0 Å². The number of carbonyl (C=O) groups is 1. The topological polar surface area (TPSA) is 57.8 Å². The highest BCUT2D eigenvalue weighted by Gasteiger charge is 2.16. The molecule has 0 spiro atoms. The fraction of sp³-hybridized carbons (Fsp3) is 0.714. The van der Waals surface area contributed by atoms with E-state index in [0.717, 1.165) is 31.6 Å². The van der Waals surface area contributed by atoms with Crippen molar-refractivity contribution in [1.82, 2.24) is 15.3 Å². The van der Waals surface area contributed by atoms with Crippen LogP contribution in [0.1, 0.15) is 50.8 Å². The van der Waals surface area contributed by atoms with Gasteiger partial charge in [0.05, 0.1) is 0 Å². The molecule has 0 radical (unpaired) electrons. The van der Waals surface area contributed by atoms with Gasteiger partial charge in [0.15, 0.2) is 0 Å². The summed E-state index contributed by atoms with van der Waals surface area (Å²) in [7, 11) is 0. The second-order valence-electron chi connectivity index (χ2n) is 5.20. The molecule has 1 aliphatic rings. The standard InChI is InChI=1S/C14H23N3O/c18-14(11-12-5-2-1-3-6-12)17-8-4-7-13-15-9-10-16-13/h9-10,12H,1-8,11H2,(H,15,16)(H,17,18). The Morgan fingerprint density at radius 1 is 1.39 bits per heavy atom.